The van der Waals surface area contributed by atoms with Crippen molar-refractivity contribution < 1.29 is 38.0 Å². The highest BCUT2D eigenvalue weighted by atomic mass is 16.8. The summed E-state index contributed by atoms with van der Waals surface area (Å²) in [5.74, 6) is -0.777. The largest absolute Gasteiger partial charge is 0.463 e. The lowest BCUT2D eigenvalue weighted by Gasteiger charge is -2.43. The molecule has 2 heterocycles. The molecule has 8 nitrogen and oxygen atoms in total. The summed E-state index contributed by atoms with van der Waals surface area (Å²) in [7, 11) is 0. The van der Waals surface area contributed by atoms with Gasteiger partial charge in [-0.1, -0.05) is 0 Å². The molecule has 0 bridgehead atoms. The Hall–Kier alpha value is -1.22. The van der Waals surface area contributed by atoms with Crippen LogP contribution in [0.5, 0.6) is 0 Å². The van der Waals surface area contributed by atoms with Gasteiger partial charge in [0.1, 0.15) is 51.2 Å². The molecule has 0 aromatic rings. The predicted octanol–water partition coefficient (Wildman–Crippen LogP) is -0.404. The van der Waals surface area contributed by atoms with E-state index < -0.39 is 24.4 Å². The molecule has 8 heteroatoms. The van der Waals surface area contributed by atoms with Crippen LogP contribution < -0.4 is 0 Å². The highest BCUT2D eigenvalue weighted by Gasteiger charge is 2.45. The van der Waals surface area contributed by atoms with Crippen molar-refractivity contribution in [3.63, 3.8) is 0 Å². The van der Waals surface area contributed by atoms with E-state index in [2.05, 4.69) is 0 Å². The molecule has 0 aliphatic carbocycles. The van der Waals surface area contributed by atoms with Gasteiger partial charge in [0.15, 0.2) is 0 Å². The first-order valence-electron chi connectivity index (χ1n) is 6.31. The van der Waals surface area contributed by atoms with Gasteiger partial charge in [-0.15, -0.1) is 0 Å². The Morgan fingerprint density at radius 2 is 1.25 bits per heavy atom. The van der Waals surface area contributed by atoms with Crippen molar-refractivity contribution >= 4 is 11.9 Å². The third-order valence-electron chi connectivity index (χ3n) is 3.04. The van der Waals surface area contributed by atoms with Gasteiger partial charge in [0.25, 0.3) is 0 Å². The van der Waals surface area contributed by atoms with E-state index in [-0.39, 0.29) is 38.7 Å². The number of ether oxygens (including phenoxy) is 6. The predicted molar refractivity (Wildman–Crippen MR) is 62.5 cm³/mol. The minimum Gasteiger partial charge on any atom is -0.463 e. The molecular formula is C12H18O8. The molecule has 2 aliphatic heterocycles. The van der Waals surface area contributed by atoms with Crippen LogP contribution in [0.3, 0.4) is 0 Å². The second-order valence-electron chi connectivity index (χ2n) is 4.51. The Bertz CT molecular complexity index is 323. The molecule has 4 atom stereocenters. The molecule has 0 saturated carbocycles. The first kappa shape index (κ1) is 15.2. The quantitative estimate of drug-likeness (QED) is 0.646. The van der Waals surface area contributed by atoms with E-state index in [0.717, 1.165) is 0 Å². The molecule has 0 aromatic carbocycles. The lowest BCUT2D eigenvalue weighted by atomic mass is 10.0. The number of hydrogen-bond donors (Lipinski definition) is 0. The highest BCUT2D eigenvalue weighted by Crippen LogP contribution is 2.26. The Morgan fingerprint density at radius 1 is 0.850 bits per heavy atom. The van der Waals surface area contributed by atoms with Crippen LogP contribution in [0.1, 0.15) is 13.8 Å². The fourth-order valence-corrected chi connectivity index (χ4v) is 2.11. The van der Waals surface area contributed by atoms with E-state index in [1.807, 2.05) is 0 Å². The summed E-state index contributed by atoms with van der Waals surface area (Å²) in [5.41, 5.74) is 0. The topological polar surface area (TPSA) is 89.5 Å². The molecule has 0 radical (unpaired) electrons. The van der Waals surface area contributed by atoms with Gasteiger partial charge < -0.3 is 28.4 Å². The number of carbonyl (C=O) groups excluding carboxylic acids is 2. The van der Waals surface area contributed by atoms with E-state index in [4.69, 9.17) is 28.4 Å². The van der Waals surface area contributed by atoms with Crippen molar-refractivity contribution in [2.75, 3.05) is 26.8 Å². The Morgan fingerprint density at radius 3 is 1.60 bits per heavy atom. The standard InChI is InChI=1S/C12H18O8/c1-7(13)15-3-9-11-12(20-5-17-9)10(18-6-19-11)4-16-8(2)14/h9-12H,3-6H2,1-2H3/t9-,10+,11+,12-. The monoisotopic (exact) mass is 290 g/mol. The van der Waals surface area contributed by atoms with Gasteiger partial charge in [-0.3, -0.25) is 9.59 Å². The minimum atomic E-state index is -0.433. The van der Waals surface area contributed by atoms with Crippen LogP contribution in [-0.4, -0.2) is 63.2 Å². The zero-order chi connectivity index (χ0) is 14.5. The molecule has 2 aliphatic rings. The number of hydrogen-bond acceptors (Lipinski definition) is 8. The highest BCUT2D eigenvalue weighted by molar-refractivity contribution is 5.66. The lowest BCUT2D eigenvalue weighted by molar-refractivity contribution is -0.329. The van der Waals surface area contributed by atoms with Crippen molar-refractivity contribution in [2.24, 2.45) is 0 Å². The van der Waals surface area contributed by atoms with E-state index in [9.17, 15) is 9.59 Å². The van der Waals surface area contributed by atoms with E-state index in [0.29, 0.717) is 0 Å². The SMILES string of the molecule is CC(=O)OC[C@@H]1OCO[C@@H]2[C@@H]1OCO[C@@H]2COC(C)=O. The van der Waals surface area contributed by atoms with Gasteiger partial charge in [0, 0.05) is 13.8 Å². The van der Waals surface area contributed by atoms with Crippen LogP contribution >= 0.6 is 0 Å². The molecule has 0 amide bonds. The third kappa shape index (κ3) is 3.89. The molecule has 0 aromatic heterocycles. The van der Waals surface area contributed by atoms with Crippen LogP contribution in [-0.2, 0) is 38.0 Å². The van der Waals surface area contributed by atoms with Gasteiger partial charge >= 0.3 is 11.9 Å². The third-order valence-corrected chi connectivity index (χ3v) is 3.04. The Labute approximate surface area is 116 Å². The van der Waals surface area contributed by atoms with Crippen LogP contribution in [0, 0.1) is 0 Å². The summed E-state index contributed by atoms with van der Waals surface area (Å²) in [5, 5.41) is 0. The van der Waals surface area contributed by atoms with Gasteiger partial charge in [0.2, 0.25) is 0 Å². The maximum absolute atomic E-state index is 10.9. The summed E-state index contributed by atoms with van der Waals surface area (Å²) in [6.07, 6.45) is -1.72. The van der Waals surface area contributed by atoms with Crippen molar-refractivity contribution in [1.82, 2.24) is 0 Å². The first-order valence-corrected chi connectivity index (χ1v) is 6.31. The van der Waals surface area contributed by atoms with Crippen molar-refractivity contribution in [3.05, 3.63) is 0 Å². The Kier molecular flexibility index (Phi) is 5.30. The summed E-state index contributed by atoms with van der Waals surface area (Å²) in [4.78, 5) is 21.7. The van der Waals surface area contributed by atoms with Crippen molar-refractivity contribution in [1.29, 1.82) is 0 Å². The van der Waals surface area contributed by atoms with Crippen LogP contribution in [0.2, 0.25) is 0 Å². The first-order chi connectivity index (χ1) is 9.58. The molecule has 2 saturated heterocycles. The molecular weight excluding hydrogens is 272 g/mol. The van der Waals surface area contributed by atoms with Crippen molar-refractivity contribution in [3.8, 4) is 0 Å². The summed E-state index contributed by atoms with van der Waals surface area (Å²) < 4.78 is 31.6. The maximum atomic E-state index is 10.9. The number of rotatable bonds is 4. The molecule has 114 valence electrons. The molecule has 0 spiro atoms. The minimum absolute atomic E-state index is 0.0381. The van der Waals surface area contributed by atoms with Crippen LogP contribution in [0.4, 0.5) is 0 Å². The Balaban J connectivity index is 1.93. The molecule has 2 fully saturated rings. The van der Waals surface area contributed by atoms with Crippen LogP contribution in [0.15, 0.2) is 0 Å². The van der Waals surface area contributed by atoms with E-state index in [1.165, 1.54) is 13.8 Å². The summed E-state index contributed by atoms with van der Waals surface area (Å²) >= 11 is 0. The number of esters is 2. The van der Waals surface area contributed by atoms with E-state index >= 15 is 0 Å². The number of carbonyl (C=O) groups is 2. The molecule has 20 heavy (non-hydrogen) atoms. The normalized spacial score (nSPS) is 33.1. The smallest absolute Gasteiger partial charge is 0.302 e. The van der Waals surface area contributed by atoms with Gasteiger partial charge in [-0.05, 0) is 0 Å². The summed E-state index contributed by atoms with van der Waals surface area (Å²) in [6, 6.07) is 0. The molecule has 0 N–H and O–H groups in total. The average molecular weight is 290 g/mol. The zero-order valence-electron chi connectivity index (χ0n) is 11.4. The van der Waals surface area contributed by atoms with Crippen LogP contribution in [0.25, 0.3) is 0 Å². The van der Waals surface area contributed by atoms with E-state index in [1.54, 1.807) is 0 Å². The fraction of sp³-hybridized carbons (Fsp3) is 0.833. The molecule has 2 rings (SSSR count). The average Bonchev–Trinajstić information content (AvgIpc) is 2.42. The fourth-order valence-electron chi connectivity index (χ4n) is 2.11. The second kappa shape index (κ2) is 6.98. The molecule has 0 unspecified atom stereocenters. The van der Waals surface area contributed by atoms with Gasteiger partial charge in [-0.25, -0.2) is 0 Å². The van der Waals surface area contributed by atoms with Crippen molar-refractivity contribution in [2.45, 2.75) is 38.3 Å². The van der Waals surface area contributed by atoms with Gasteiger partial charge in [-0.2, -0.15) is 0 Å². The lowest BCUT2D eigenvalue weighted by Crippen LogP contribution is -2.59. The zero-order valence-corrected chi connectivity index (χ0v) is 11.4. The maximum Gasteiger partial charge on any atom is 0.302 e. The second-order valence-corrected chi connectivity index (χ2v) is 4.51. The summed E-state index contributed by atoms with van der Waals surface area (Å²) in [6.45, 7) is 2.89. The van der Waals surface area contributed by atoms with Gasteiger partial charge in [0.05, 0.1) is 0 Å². The number of fused-ring (bicyclic) bond motifs is 1.